The number of nitrogens with one attached hydrogen (secondary N) is 1. The molecular weight excluding hydrogens is 733 g/mol. The van der Waals surface area contributed by atoms with Gasteiger partial charge in [0.1, 0.15) is 23.5 Å². The molecule has 8 aromatic carbocycles. The van der Waals surface area contributed by atoms with E-state index in [0.29, 0.717) is 5.84 Å². The Morgan fingerprint density at radius 1 is 0.500 bits per heavy atom. The molecule has 0 amide bonds. The molecular formula is C55H40N4O. The van der Waals surface area contributed by atoms with E-state index in [1.165, 1.54) is 44.8 Å². The minimum atomic E-state index is -0.580. The van der Waals surface area contributed by atoms with Crippen LogP contribution in [0.3, 0.4) is 0 Å². The number of rotatable bonds is 4. The topological polar surface area (TPSA) is 49.2 Å². The summed E-state index contributed by atoms with van der Waals surface area (Å²) in [6.45, 7) is 4.64. The Balaban J connectivity index is 1.01. The summed E-state index contributed by atoms with van der Waals surface area (Å²) in [4.78, 5) is 13.1. The van der Waals surface area contributed by atoms with E-state index in [2.05, 4.69) is 200 Å². The average Bonchev–Trinajstić information content (AvgIpc) is 3.60. The lowest BCUT2D eigenvalue weighted by Gasteiger charge is -2.42. The third kappa shape index (κ3) is 4.86. The first-order valence-electron chi connectivity index (χ1n) is 20.7. The largest absolute Gasteiger partial charge is 0.456 e. The summed E-state index contributed by atoms with van der Waals surface area (Å²) < 4.78 is 7.04. The SMILES string of the molecule is CC1(C)c2ccccc2N(c2ccc(C3N=C(c4cccc5c4Oc4ccccc4C54c5ccccc5-c5ccccc54)N=C(c4ccccc4)N3)cc2)c2ccccc21. The Hall–Kier alpha value is -7.50. The summed E-state index contributed by atoms with van der Waals surface area (Å²) in [5.74, 6) is 2.99. The predicted octanol–water partition coefficient (Wildman–Crippen LogP) is 12.8. The standard InChI is InChI=1S/C55H40N4O/c1-54(2)43-24-10-13-28-47(43)59(48-29-14-11-25-44(48)54)37-33-31-36(32-34-37)52-56-51(35-17-4-3-5-18-35)57-53(58-52)40-21-16-27-46-50(40)60-49-30-15-12-26-45(49)55(46)41-22-8-6-19-38(41)39-20-7-9-23-42(39)55/h3-34,52H,1-2H3,(H,56,57,58). The molecule has 1 N–H and O–H groups in total. The molecule has 1 atom stereocenters. The van der Waals surface area contributed by atoms with Crippen molar-refractivity contribution in [3.63, 3.8) is 0 Å². The van der Waals surface area contributed by atoms with Gasteiger partial charge in [0.2, 0.25) is 0 Å². The van der Waals surface area contributed by atoms with E-state index < -0.39 is 11.6 Å². The van der Waals surface area contributed by atoms with Crippen molar-refractivity contribution < 1.29 is 4.74 Å². The van der Waals surface area contributed by atoms with Crippen molar-refractivity contribution in [2.24, 2.45) is 9.98 Å². The van der Waals surface area contributed by atoms with Crippen molar-refractivity contribution in [3.05, 3.63) is 244 Å². The normalized spacial score (nSPS) is 17.0. The van der Waals surface area contributed by atoms with Crippen LogP contribution < -0.4 is 15.0 Å². The van der Waals surface area contributed by atoms with Gasteiger partial charge in [-0.3, -0.25) is 0 Å². The van der Waals surface area contributed by atoms with E-state index in [4.69, 9.17) is 14.7 Å². The minimum absolute atomic E-state index is 0.124. The highest BCUT2D eigenvalue weighted by Gasteiger charge is 2.51. The average molecular weight is 773 g/mol. The fourth-order valence-corrected chi connectivity index (χ4v) is 10.3. The molecule has 0 fully saturated rings. The van der Waals surface area contributed by atoms with Crippen LogP contribution in [0.5, 0.6) is 11.5 Å². The molecule has 0 bridgehead atoms. The fourth-order valence-electron chi connectivity index (χ4n) is 10.3. The Morgan fingerprint density at radius 2 is 1.03 bits per heavy atom. The fraction of sp³-hybridized carbons (Fsp3) is 0.0909. The molecule has 3 aliphatic heterocycles. The highest BCUT2D eigenvalue weighted by molar-refractivity contribution is 6.14. The summed E-state index contributed by atoms with van der Waals surface area (Å²) in [5.41, 5.74) is 15.5. The van der Waals surface area contributed by atoms with E-state index >= 15 is 0 Å². The van der Waals surface area contributed by atoms with Crippen molar-refractivity contribution >= 4 is 28.7 Å². The van der Waals surface area contributed by atoms with Gasteiger partial charge >= 0.3 is 0 Å². The Labute approximate surface area is 350 Å². The number of nitrogens with zero attached hydrogens (tertiary/aromatic N) is 3. The number of hydrogen-bond donors (Lipinski definition) is 1. The van der Waals surface area contributed by atoms with Crippen LogP contribution in [0.25, 0.3) is 11.1 Å². The Kier molecular flexibility index (Phi) is 7.48. The number of amidine groups is 2. The summed E-state index contributed by atoms with van der Waals surface area (Å²) >= 11 is 0. The Morgan fingerprint density at radius 3 is 1.70 bits per heavy atom. The molecule has 3 heterocycles. The van der Waals surface area contributed by atoms with Crippen LogP contribution in [0.2, 0.25) is 0 Å². The van der Waals surface area contributed by atoms with Gasteiger partial charge in [-0.1, -0.05) is 172 Å². The minimum Gasteiger partial charge on any atom is -0.456 e. The van der Waals surface area contributed by atoms with Crippen molar-refractivity contribution in [1.29, 1.82) is 0 Å². The molecule has 8 aromatic rings. The summed E-state index contributed by atoms with van der Waals surface area (Å²) in [7, 11) is 0. The quantitative estimate of drug-likeness (QED) is 0.194. The lowest BCUT2D eigenvalue weighted by atomic mass is 9.66. The number of hydrogen-bond acceptors (Lipinski definition) is 5. The molecule has 5 heteroatoms. The van der Waals surface area contributed by atoms with Crippen molar-refractivity contribution in [3.8, 4) is 22.6 Å². The molecule has 0 radical (unpaired) electrons. The van der Waals surface area contributed by atoms with Crippen LogP contribution in [0.4, 0.5) is 17.1 Å². The summed E-state index contributed by atoms with van der Waals surface area (Å²) in [5, 5.41) is 3.71. The third-order valence-corrected chi connectivity index (χ3v) is 13.0. The molecule has 1 spiro atoms. The molecule has 60 heavy (non-hydrogen) atoms. The molecule has 0 saturated heterocycles. The maximum absolute atomic E-state index is 7.04. The van der Waals surface area contributed by atoms with Crippen molar-refractivity contribution in [2.75, 3.05) is 4.90 Å². The zero-order valence-corrected chi connectivity index (χ0v) is 33.3. The third-order valence-electron chi connectivity index (χ3n) is 13.0. The predicted molar refractivity (Wildman–Crippen MR) is 242 cm³/mol. The number of para-hydroxylation sites is 4. The van der Waals surface area contributed by atoms with Crippen LogP contribution in [-0.2, 0) is 10.8 Å². The lowest BCUT2D eigenvalue weighted by molar-refractivity contribution is 0.435. The van der Waals surface area contributed by atoms with Crippen LogP contribution >= 0.6 is 0 Å². The van der Waals surface area contributed by atoms with E-state index in [1.807, 2.05) is 18.2 Å². The highest BCUT2D eigenvalue weighted by atomic mass is 16.5. The molecule has 5 nitrogen and oxygen atoms in total. The van der Waals surface area contributed by atoms with E-state index in [1.54, 1.807) is 0 Å². The number of anilines is 3. The molecule has 1 aliphatic carbocycles. The molecule has 1 unspecified atom stereocenters. The van der Waals surface area contributed by atoms with Gasteiger partial charge in [0.15, 0.2) is 5.84 Å². The van der Waals surface area contributed by atoms with Gasteiger partial charge in [0.25, 0.3) is 0 Å². The number of fused-ring (bicyclic) bond motifs is 11. The van der Waals surface area contributed by atoms with Gasteiger partial charge < -0.3 is 15.0 Å². The second-order valence-electron chi connectivity index (χ2n) is 16.5. The highest BCUT2D eigenvalue weighted by Crippen LogP contribution is 2.62. The van der Waals surface area contributed by atoms with Gasteiger partial charge in [0.05, 0.1) is 22.4 Å². The zero-order chi connectivity index (χ0) is 40.0. The second kappa shape index (κ2) is 13.0. The van der Waals surface area contributed by atoms with E-state index in [-0.39, 0.29) is 5.41 Å². The van der Waals surface area contributed by atoms with Crippen LogP contribution in [-0.4, -0.2) is 11.7 Å². The number of aliphatic imine (C=N–C) groups is 2. The molecule has 0 saturated carbocycles. The summed E-state index contributed by atoms with van der Waals surface area (Å²) in [6.07, 6.45) is -0.407. The van der Waals surface area contributed by atoms with Crippen LogP contribution in [0.15, 0.2) is 204 Å². The van der Waals surface area contributed by atoms with Crippen LogP contribution in [0, 0.1) is 0 Å². The smallest absolute Gasteiger partial charge is 0.163 e. The number of benzene rings is 8. The monoisotopic (exact) mass is 772 g/mol. The van der Waals surface area contributed by atoms with E-state index in [0.717, 1.165) is 50.8 Å². The molecule has 286 valence electrons. The second-order valence-corrected chi connectivity index (χ2v) is 16.5. The van der Waals surface area contributed by atoms with Gasteiger partial charge in [-0.25, -0.2) is 9.98 Å². The van der Waals surface area contributed by atoms with Gasteiger partial charge in [0, 0.05) is 27.8 Å². The maximum Gasteiger partial charge on any atom is 0.163 e. The van der Waals surface area contributed by atoms with Gasteiger partial charge in [-0.2, -0.15) is 0 Å². The Bertz CT molecular complexity index is 2990. The van der Waals surface area contributed by atoms with Gasteiger partial charge in [-0.15, -0.1) is 0 Å². The lowest BCUT2D eigenvalue weighted by Crippen LogP contribution is -2.35. The molecule has 12 rings (SSSR count). The first kappa shape index (κ1) is 34.5. The summed E-state index contributed by atoms with van der Waals surface area (Å²) in [6, 6.07) is 69.3. The van der Waals surface area contributed by atoms with E-state index in [9.17, 15) is 0 Å². The van der Waals surface area contributed by atoms with Crippen molar-refractivity contribution in [2.45, 2.75) is 30.8 Å². The zero-order valence-electron chi connectivity index (χ0n) is 33.3. The van der Waals surface area contributed by atoms with Gasteiger partial charge in [-0.05, 0) is 75.3 Å². The number of ether oxygens (including phenoxy) is 1. The first-order chi connectivity index (χ1) is 29.5. The maximum atomic E-state index is 7.04. The van der Waals surface area contributed by atoms with Crippen LogP contribution in [0.1, 0.15) is 70.1 Å². The molecule has 4 aliphatic rings. The molecule has 0 aromatic heterocycles. The first-order valence-corrected chi connectivity index (χ1v) is 20.7. The van der Waals surface area contributed by atoms with Crippen molar-refractivity contribution in [1.82, 2.24) is 5.32 Å².